The van der Waals surface area contributed by atoms with Crippen LogP contribution in [-0.2, 0) is 10.9 Å². The molecular weight excluding hydrogens is 242 g/mol. The van der Waals surface area contributed by atoms with Crippen LogP contribution in [0.4, 0.5) is 22.4 Å². The van der Waals surface area contributed by atoms with Crippen molar-refractivity contribution in [2.45, 2.75) is 12.3 Å². The maximum Gasteiger partial charge on any atom is 0.416 e. The Kier molecular flexibility index (Phi) is 2.68. The van der Waals surface area contributed by atoms with Gasteiger partial charge < -0.3 is 10.1 Å². The number of rotatable bonds is 1. The van der Waals surface area contributed by atoms with Crippen LogP contribution < -0.4 is 5.32 Å². The van der Waals surface area contributed by atoms with Gasteiger partial charge in [-0.05, 0) is 23.8 Å². The minimum atomic E-state index is -4.63. The largest absolute Gasteiger partial charge is 0.439 e. The number of ether oxygens (including phenoxy) is 1. The molecule has 2 rings (SSSR count). The van der Waals surface area contributed by atoms with E-state index >= 15 is 0 Å². The number of benzene rings is 1. The van der Waals surface area contributed by atoms with E-state index in [4.69, 9.17) is 0 Å². The van der Waals surface area contributed by atoms with Crippen LogP contribution in [-0.4, -0.2) is 12.6 Å². The summed E-state index contributed by atoms with van der Waals surface area (Å²) in [5.74, 6) is -1.02. The van der Waals surface area contributed by atoms with E-state index < -0.39 is 29.8 Å². The van der Waals surface area contributed by atoms with Crippen molar-refractivity contribution in [3.63, 3.8) is 0 Å². The number of hydrogen-bond donors (Lipinski definition) is 1. The first kappa shape index (κ1) is 11.7. The highest BCUT2D eigenvalue weighted by molar-refractivity contribution is 5.69. The fourth-order valence-corrected chi connectivity index (χ4v) is 1.54. The van der Waals surface area contributed by atoms with Crippen LogP contribution >= 0.6 is 0 Å². The predicted molar refractivity (Wildman–Crippen MR) is 48.6 cm³/mol. The highest BCUT2D eigenvalue weighted by Gasteiger charge is 2.33. The van der Waals surface area contributed by atoms with Crippen LogP contribution in [0.15, 0.2) is 18.2 Å². The van der Waals surface area contributed by atoms with Gasteiger partial charge in [0.05, 0.1) is 12.1 Å². The van der Waals surface area contributed by atoms with Gasteiger partial charge in [0.2, 0.25) is 0 Å². The molecule has 92 valence electrons. The van der Waals surface area contributed by atoms with E-state index in [0.29, 0.717) is 6.07 Å². The molecule has 0 spiro atoms. The summed E-state index contributed by atoms with van der Waals surface area (Å²) in [5.41, 5.74) is -1.12. The molecule has 7 heteroatoms. The third-order valence-corrected chi connectivity index (χ3v) is 2.30. The fourth-order valence-electron chi connectivity index (χ4n) is 1.54. The smallest absolute Gasteiger partial charge is 0.416 e. The molecule has 1 amide bonds. The number of carbonyl (C=O) groups excluding carboxylic acids is 1. The van der Waals surface area contributed by atoms with Gasteiger partial charge in [-0.1, -0.05) is 0 Å². The summed E-state index contributed by atoms with van der Waals surface area (Å²) >= 11 is 0. The molecule has 3 nitrogen and oxygen atoms in total. The standard InChI is InChI=1S/C10H7F4NO2/c11-7-2-5(8-4-15-9(16)17-8)1-6(3-7)10(12,13)14/h1-3,8H,4H2,(H,15,16). The van der Waals surface area contributed by atoms with Crippen molar-refractivity contribution in [3.05, 3.63) is 35.1 Å². The van der Waals surface area contributed by atoms with Crippen molar-refractivity contribution in [3.8, 4) is 0 Å². The second kappa shape index (κ2) is 3.90. The lowest BCUT2D eigenvalue weighted by Crippen LogP contribution is -2.13. The Balaban J connectivity index is 2.35. The summed E-state index contributed by atoms with van der Waals surface area (Å²) in [7, 11) is 0. The molecule has 1 aliphatic rings. The summed E-state index contributed by atoms with van der Waals surface area (Å²) < 4.78 is 55.0. The van der Waals surface area contributed by atoms with Gasteiger partial charge in [-0.2, -0.15) is 13.2 Å². The molecule has 1 aliphatic heterocycles. The van der Waals surface area contributed by atoms with Crippen molar-refractivity contribution in [2.75, 3.05) is 6.54 Å². The first-order valence-corrected chi connectivity index (χ1v) is 4.68. The van der Waals surface area contributed by atoms with Crippen molar-refractivity contribution >= 4 is 6.09 Å². The molecule has 1 heterocycles. The molecule has 0 aliphatic carbocycles. The van der Waals surface area contributed by atoms with Gasteiger partial charge in [-0.25, -0.2) is 9.18 Å². The third kappa shape index (κ3) is 2.48. The third-order valence-electron chi connectivity index (χ3n) is 2.30. The van der Waals surface area contributed by atoms with E-state index in [1.165, 1.54) is 0 Å². The second-order valence-electron chi connectivity index (χ2n) is 3.55. The zero-order chi connectivity index (χ0) is 12.6. The average molecular weight is 249 g/mol. The molecule has 0 saturated carbocycles. The highest BCUT2D eigenvalue weighted by atomic mass is 19.4. The molecule has 1 aromatic carbocycles. The first-order chi connectivity index (χ1) is 7.86. The number of alkyl halides is 3. The number of amides is 1. The van der Waals surface area contributed by atoms with Crippen LogP contribution in [0.5, 0.6) is 0 Å². The van der Waals surface area contributed by atoms with E-state index in [1.54, 1.807) is 0 Å². The summed E-state index contributed by atoms with van der Waals surface area (Å²) in [4.78, 5) is 10.7. The summed E-state index contributed by atoms with van der Waals surface area (Å²) in [6.45, 7) is 0.0274. The van der Waals surface area contributed by atoms with Crippen LogP contribution in [0.1, 0.15) is 17.2 Å². The van der Waals surface area contributed by atoms with E-state index in [2.05, 4.69) is 10.1 Å². The average Bonchev–Trinajstić information content (AvgIpc) is 2.62. The highest BCUT2D eigenvalue weighted by Crippen LogP contribution is 2.32. The van der Waals surface area contributed by atoms with Gasteiger partial charge >= 0.3 is 12.3 Å². The summed E-state index contributed by atoms with van der Waals surface area (Å²) in [6, 6.07) is 2.09. The topological polar surface area (TPSA) is 38.3 Å². The zero-order valence-electron chi connectivity index (χ0n) is 8.34. The molecule has 1 aromatic rings. The number of alkyl carbamates (subject to hydrolysis) is 1. The molecule has 0 radical (unpaired) electrons. The molecule has 1 unspecified atom stereocenters. The summed E-state index contributed by atoms with van der Waals surface area (Å²) in [5, 5.41) is 2.28. The number of carbonyl (C=O) groups is 1. The van der Waals surface area contributed by atoms with E-state index in [9.17, 15) is 22.4 Å². The van der Waals surface area contributed by atoms with Gasteiger partial charge in [0.25, 0.3) is 0 Å². The van der Waals surface area contributed by atoms with Crippen LogP contribution in [0, 0.1) is 5.82 Å². The number of cyclic esters (lactones) is 1. The molecule has 1 N–H and O–H groups in total. The molecule has 1 fully saturated rings. The maximum absolute atomic E-state index is 13.0. The second-order valence-corrected chi connectivity index (χ2v) is 3.55. The lowest BCUT2D eigenvalue weighted by atomic mass is 10.1. The Morgan fingerprint density at radius 1 is 1.29 bits per heavy atom. The van der Waals surface area contributed by atoms with Crippen LogP contribution in [0.2, 0.25) is 0 Å². The minimum absolute atomic E-state index is 0.0179. The quantitative estimate of drug-likeness (QED) is 0.777. The Bertz CT molecular complexity index is 458. The number of nitrogens with one attached hydrogen (secondary N) is 1. The molecular formula is C10H7F4NO2. The number of hydrogen-bond acceptors (Lipinski definition) is 2. The first-order valence-electron chi connectivity index (χ1n) is 4.68. The molecule has 0 aromatic heterocycles. The molecule has 17 heavy (non-hydrogen) atoms. The van der Waals surface area contributed by atoms with Gasteiger partial charge in [-0.3, -0.25) is 0 Å². The Morgan fingerprint density at radius 3 is 2.53 bits per heavy atom. The Hall–Kier alpha value is -1.79. The van der Waals surface area contributed by atoms with E-state index in [-0.39, 0.29) is 12.1 Å². The fraction of sp³-hybridized carbons (Fsp3) is 0.300. The van der Waals surface area contributed by atoms with E-state index in [1.807, 2.05) is 0 Å². The summed E-state index contributed by atoms with van der Waals surface area (Å²) in [6.07, 6.45) is -6.25. The Labute approximate surface area is 93.4 Å². The Morgan fingerprint density at radius 2 is 2.00 bits per heavy atom. The predicted octanol–water partition coefficient (Wildman–Crippen LogP) is 2.63. The van der Waals surface area contributed by atoms with Crippen molar-refractivity contribution < 1.29 is 27.1 Å². The molecule has 1 atom stereocenters. The van der Waals surface area contributed by atoms with Gasteiger partial charge in [0, 0.05) is 0 Å². The SMILES string of the molecule is O=C1NCC(c2cc(F)cc(C(F)(F)F)c2)O1. The zero-order valence-corrected chi connectivity index (χ0v) is 8.34. The lowest BCUT2D eigenvalue weighted by Gasteiger charge is -2.12. The molecule has 1 saturated heterocycles. The van der Waals surface area contributed by atoms with Gasteiger partial charge in [-0.15, -0.1) is 0 Å². The minimum Gasteiger partial charge on any atom is -0.439 e. The molecule has 0 bridgehead atoms. The van der Waals surface area contributed by atoms with E-state index in [0.717, 1.165) is 12.1 Å². The van der Waals surface area contributed by atoms with Gasteiger partial charge in [0.15, 0.2) is 0 Å². The van der Waals surface area contributed by atoms with Gasteiger partial charge in [0.1, 0.15) is 11.9 Å². The van der Waals surface area contributed by atoms with Crippen molar-refractivity contribution in [2.24, 2.45) is 0 Å². The lowest BCUT2D eigenvalue weighted by molar-refractivity contribution is -0.137. The normalized spacial score (nSPS) is 20.0. The van der Waals surface area contributed by atoms with Crippen molar-refractivity contribution in [1.29, 1.82) is 0 Å². The van der Waals surface area contributed by atoms with Crippen LogP contribution in [0.25, 0.3) is 0 Å². The maximum atomic E-state index is 13.0. The number of halogens is 4. The monoisotopic (exact) mass is 249 g/mol. The van der Waals surface area contributed by atoms with Crippen LogP contribution in [0.3, 0.4) is 0 Å². The van der Waals surface area contributed by atoms with Crippen molar-refractivity contribution in [1.82, 2.24) is 5.32 Å².